The van der Waals surface area contributed by atoms with Gasteiger partial charge in [0.25, 0.3) is 0 Å². The number of fused-ring (bicyclic) bond motifs is 5. The molecule has 0 saturated carbocycles. The molecule has 1 saturated heterocycles. The van der Waals surface area contributed by atoms with E-state index < -0.39 is 10.0 Å². The van der Waals surface area contributed by atoms with E-state index in [-0.39, 0.29) is 23.2 Å². The first kappa shape index (κ1) is 20.5. The van der Waals surface area contributed by atoms with Crippen LogP contribution in [0.25, 0.3) is 10.9 Å². The number of aliphatic imine (C=N–C) groups is 1. The smallest absolute Gasteiger partial charge is 0.243 e. The molecule has 3 aliphatic heterocycles. The summed E-state index contributed by atoms with van der Waals surface area (Å²) in [6.45, 7) is 1.95. The van der Waals surface area contributed by atoms with Crippen molar-refractivity contribution in [2.24, 2.45) is 4.99 Å². The van der Waals surface area contributed by atoms with E-state index in [1.807, 2.05) is 18.2 Å². The van der Waals surface area contributed by atoms with Crippen LogP contribution >= 0.6 is 0 Å². The SMILES string of the molecule is CN1CC(=O)N2CCN(CC2)c2cccc3[nH]c(O)c(c23)C=Nc2cccc(c2)S1(=O)=O. The lowest BCUT2D eigenvalue weighted by Crippen LogP contribution is -2.51. The number of aromatic nitrogens is 1. The summed E-state index contributed by atoms with van der Waals surface area (Å²) in [5.41, 5.74) is 2.69. The lowest BCUT2D eigenvalue weighted by molar-refractivity contribution is -0.131. The van der Waals surface area contributed by atoms with Crippen LogP contribution < -0.4 is 4.90 Å². The molecular formula is C22H23N5O4S. The number of hydrogen-bond donors (Lipinski definition) is 2. The van der Waals surface area contributed by atoms with Crippen LogP contribution in [0.3, 0.4) is 0 Å². The molecule has 3 aliphatic rings. The first-order chi connectivity index (χ1) is 15.3. The highest BCUT2D eigenvalue weighted by molar-refractivity contribution is 7.89. The van der Waals surface area contributed by atoms with Crippen LogP contribution in [0, 0.1) is 0 Å². The van der Waals surface area contributed by atoms with Crippen molar-refractivity contribution in [3.05, 3.63) is 48.0 Å². The Bertz CT molecular complexity index is 1340. The lowest BCUT2D eigenvalue weighted by atomic mass is 10.1. The summed E-state index contributed by atoms with van der Waals surface area (Å²) in [6, 6.07) is 12.0. The molecule has 3 aromatic rings. The fraction of sp³-hybridized carbons (Fsp3) is 0.273. The van der Waals surface area contributed by atoms with Crippen molar-refractivity contribution in [2.45, 2.75) is 4.90 Å². The second-order valence-corrected chi connectivity index (χ2v) is 10.0. The minimum absolute atomic E-state index is 0.00496. The molecule has 1 amide bonds. The van der Waals surface area contributed by atoms with Crippen molar-refractivity contribution in [1.29, 1.82) is 0 Å². The molecule has 0 spiro atoms. The zero-order valence-corrected chi connectivity index (χ0v) is 18.3. The van der Waals surface area contributed by atoms with Gasteiger partial charge in [-0.2, -0.15) is 4.31 Å². The topological polar surface area (TPSA) is 109 Å². The quantitative estimate of drug-likeness (QED) is 0.540. The molecule has 2 aromatic carbocycles. The molecule has 4 bridgehead atoms. The molecule has 1 aromatic heterocycles. The molecule has 0 aliphatic carbocycles. The van der Waals surface area contributed by atoms with Crippen LogP contribution in [0.4, 0.5) is 11.4 Å². The van der Waals surface area contributed by atoms with E-state index >= 15 is 0 Å². The minimum atomic E-state index is -3.86. The first-order valence-corrected chi connectivity index (χ1v) is 11.8. The maximum atomic E-state index is 13.0. The maximum absolute atomic E-state index is 13.0. The maximum Gasteiger partial charge on any atom is 0.243 e. The number of carbonyl (C=O) groups excluding carboxylic acids is 1. The number of H-pyrrole nitrogens is 1. The van der Waals surface area contributed by atoms with Gasteiger partial charge in [-0.25, -0.2) is 8.42 Å². The summed E-state index contributed by atoms with van der Waals surface area (Å²) in [5, 5.41) is 11.4. The number of sulfonamides is 1. The monoisotopic (exact) mass is 453 g/mol. The largest absolute Gasteiger partial charge is 0.494 e. The Labute approximate surface area is 185 Å². The van der Waals surface area contributed by atoms with E-state index in [0.717, 1.165) is 20.9 Å². The number of amides is 1. The van der Waals surface area contributed by atoms with Gasteiger partial charge in [0, 0.05) is 50.5 Å². The minimum Gasteiger partial charge on any atom is -0.494 e. The van der Waals surface area contributed by atoms with Gasteiger partial charge < -0.3 is 19.9 Å². The van der Waals surface area contributed by atoms with Crippen LogP contribution in [0.1, 0.15) is 5.56 Å². The number of piperazine rings is 1. The predicted molar refractivity (Wildman–Crippen MR) is 122 cm³/mol. The third-order valence-electron chi connectivity index (χ3n) is 6.02. The average Bonchev–Trinajstić information content (AvgIpc) is 3.12. The molecule has 2 N–H and O–H groups in total. The molecule has 6 rings (SSSR count). The predicted octanol–water partition coefficient (Wildman–Crippen LogP) is 1.91. The lowest BCUT2D eigenvalue weighted by Gasteiger charge is -2.37. The number of nitrogens with one attached hydrogen (secondary N) is 1. The third kappa shape index (κ3) is 3.41. The molecule has 0 radical (unpaired) electrons. The van der Waals surface area contributed by atoms with Gasteiger partial charge in [0.1, 0.15) is 0 Å². The number of aromatic amines is 1. The Kier molecular flexibility index (Phi) is 4.90. The summed E-state index contributed by atoms with van der Waals surface area (Å²) in [5.74, 6) is -0.232. The highest BCUT2D eigenvalue weighted by Crippen LogP contribution is 2.35. The first-order valence-electron chi connectivity index (χ1n) is 10.3. The zero-order valence-electron chi connectivity index (χ0n) is 17.5. The Hall–Kier alpha value is -3.37. The van der Waals surface area contributed by atoms with E-state index in [1.165, 1.54) is 19.2 Å². The summed E-state index contributed by atoms with van der Waals surface area (Å²) in [6.07, 6.45) is 1.55. The van der Waals surface area contributed by atoms with Crippen molar-refractivity contribution in [3.63, 3.8) is 0 Å². The van der Waals surface area contributed by atoms with Crippen molar-refractivity contribution >= 4 is 44.4 Å². The summed E-state index contributed by atoms with van der Waals surface area (Å²) in [7, 11) is -2.45. The van der Waals surface area contributed by atoms with Gasteiger partial charge in [0.2, 0.25) is 15.9 Å². The fourth-order valence-corrected chi connectivity index (χ4v) is 5.41. The molecule has 32 heavy (non-hydrogen) atoms. The number of anilines is 1. The number of nitrogens with zero attached hydrogens (tertiary/aromatic N) is 4. The molecule has 10 heteroatoms. The Morgan fingerprint density at radius 1 is 1.03 bits per heavy atom. The molecule has 0 unspecified atom stereocenters. The molecule has 0 atom stereocenters. The van der Waals surface area contributed by atoms with Crippen molar-refractivity contribution in [1.82, 2.24) is 14.2 Å². The van der Waals surface area contributed by atoms with Gasteiger partial charge in [0.15, 0.2) is 5.88 Å². The number of hydrogen-bond acceptors (Lipinski definition) is 6. The van der Waals surface area contributed by atoms with E-state index in [1.54, 1.807) is 23.2 Å². The van der Waals surface area contributed by atoms with Gasteiger partial charge in [-0.05, 0) is 30.3 Å². The fourth-order valence-electron chi connectivity index (χ4n) is 4.25. The van der Waals surface area contributed by atoms with E-state index in [9.17, 15) is 18.3 Å². The number of carbonyl (C=O) groups is 1. The van der Waals surface area contributed by atoms with Gasteiger partial charge >= 0.3 is 0 Å². The van der Waals surface area contributed by atoms with Crippen LogP contribution in [-0.4, -0.2) is 79.6 Å². The number of rotatable bonds is 0. The van der Waals surface area contributed by atoms with Gasteiger partial charge in [0.05, 0.1) is 28.2 Å². The average molecular weight is 454 g/mol. The molecule has 166 valence electrons. The van der Waals surface area contributed by atoms with Crippen LogP contribution in [0.2, 0.25) is 0 Å². The van der Waals surface area contributed by atoms with Crippen LogP contribution in [0.15, 0.2) is 52.4 Å². The van der Waals surface area contributed by atoms with E-state index in [0.29, 0.717) is 37.4 Å². The van der Waals surface area contributed by atoms with Gasteiger partial charge in [-0.3, -0.25) is 9.79 Å². The number of benzene rings is 2. The Morgan fingerprint density at radius 2 is 1.75 bits per heavy atom. The second kappa shape index (κ2) is 7.64. The normalized spacial score (nSPS) is 19.1. The Balaban J connectivity index is 1.69. The number of aromatic hydroxyl groups is 1. The highest BCUT2D eigenvalue weighted by atomic mass is 32.2. The highest BCUT2D eigenvalue weighted by Gasteiger charge is 2.28. The van der Waals surface area contributed by atoms with E-state index in [4.69, 9.17) is 0 Å². The van der Waals surface area contributed by atoms with Gasteiger partial charge in [-0.1, -0.05) is 12.1 Å². The summed E-state index contributed by atoms with van der Waals surface area (Å²) >= 11 is 0. The van der Waals surface area contributed by atoms with Crippen molar-refractivity contribution in [2.75, 3.05) is 44.7 Å². The molecule has 4 heterocycles. The standard InChI is InChI=1S/C22H23N5O4S/c1-25-14-20(28)27-10-8-26(9-11-27)19-7-3-6-18-21(19)17(22(29)24-18)13-23-15-4-2-5-16(12-15)32(25,30)31/h2-7,12-13,24,29H,8-11,14H2,1H3. The van der Waals surface area contributed by atoms with Crippen LogP contribution in [0.5, 0.6) is 5.88 Å². The Morgan fingerprint density at radius 3 is 2.53 bits per heavy atom. The third-order valence-corrected chi connectivity index (χ3v) is 7.82. The van der Waals surface area contributed by atoms with E-state index in [2.05, 4.69) is 14.9 Å². The van der Waals surface area contributed by atoms with Gasteiger partial charge in [-0.15, -0.1) is 0 Å². The van der Waals surface area contributed by atoms with Crippen molar-refractivity contribution in [3.8, 4) is 5.88 Å². The molecule has 1 fully saturated rings. The second-order valence-electron chi connectivity index (χ2n) is 7.97. The summed E-state index contributed by atoms with van der Waals surface area (Å²) < 4.78 is 27.1. The zero-order chi connectivity index (χ0) is 22.5. The summed E-state index contributed by atoms with van der Waals surface area (Å²) in [4.78, 5) is 24.2. The molecular weight excluding hydrogens is 430 g/mol. The van der Waals surface area contributed by atoms with Crippen molar-refractivity contribution < 1.29 is 18.3 Å². The van der Waals surface area contributed by atoms with Crippen LogP contribution in [-0.2, 0) is 14.8 Å². The number of likely N-dealkylation sites (N-methyl/N-ethyl adjacent to an activating group) is 1. The molecule has 9 nitrogen and oxygen atoms in total.